The fraction of sp³-hybridized carbons (Fsp3) is 0.161. The van der Waals surface area contributed by atoms with E-state index in [1.54, 1.807) is 42.7 Å². The van der Waals surface area contributed by atoms with Gasteiger partial charge in [0.05, 0.1) is 16.2 Å². The van der Waals surface area contributed by atoms with Crippen molar-refractivity contribution in [3.8, 4) is 33.4 Å². The van der Waals surface area contributed by atoms with Crippen molar-refractivity contribution in [2.75, 3.05) is 18.3 Å². The van der Waals surface area contributed by atoms with E-state index in [1.807, 2.05) is 55.5 Å². The van der Waals surface area contributed by atoms with Crippen LogP contribution in [-0.4, -0.2) is 45.1 Å². The number of hydrogen-bond acceptors (Lipinski definition) is 6. The Morgan fingerprint density at radius 3 is 2.15 bits per heavy atom. The standard InChI is InChI=1S/C31H28N2O5S2/c1-20(19-39(2,35)36)25-15-24-8-5-13-32-30(24)28(16-25)22-6-4-7-23(14-22)29-17-26(18-33-31(29)34)21-9-11-27(12-10-21)40(3,37)38/h4-18,20H,19H2,1-3H3,(H,33,34). The van der Waals surface area contributed by atoms with Gasteiger partial charge in [-0.05, 0) is 76.2 Å². The summed E-state index contributed by atoms with van der Waals surface area (Å²) in [6, 6.07) is 23.7. The smallest absolute Gasteiger partial charge is 0.255 e. The minimum Gasteiger partial charge on any atom is -0.328 e. The molecule has 3 aromatic carbocycles. The molecule has 0 aliphatic rings. The topological polar surface area (TPSA) is 114 Å². The van der Waals surface area contributed by atoms with Gasteiger partial charge in [0.25, 0.3) is 5.56 Å². The number of rotatable bonds is 7. The van der Waals surface area contributed by atoms with Crippen molar-refractivity contribution in [3.05, 3.63) is 107 Å². The monoisotopic (exact) mass is 572 g/mol. The zero-order valence-corrected chi connectivity index (χ0v) is 23.9. The van der Waals surface area contributed by atoms with Crippen LogP contribution in [-0.2, 0) is 19.7 Å². The van der Waals surface area contributed by atoms with Crippen LogP contribution < -0.4 is 5.56 Å². The molecule has 2 heterocycles. The molecule has 0 spiro atoms. The molecule has 0 aliphatic heterocycles. The Kier molecular flexibility index (Phi) is 7.20. The fourth-order valence-corrected chi connectivity index (χ4v) is 6.62. The second kappa shape index (κ2) is 10.5. The molecule has 5 rings (SSSR count). The average molecular weight is 573 g/mol. The Bertz CT molecular complexity index is 2010. The first kappa shape index (κ1) is 27.5. The Hall–Kier alpha value is -4.08. The quantitative estimate of drug-likeness (QED) is 0.276. The van der Waals surface area contributed by atoms with Gasteiger partial charge >= 0.3 is 0 Å². The predicted molar refractivity (Wildman–Crippen MR) is 160 cm³/mol. The lowest BCUT2D eigenvalue weighted by Crippen LogP contribution is -2.10. The van der Waals surface area contributed by atoms with Crippen LogP contribution in [0.3, 0.4) is 0 Å². The largest absolute Gasteiger partial charge is 0.328 e. The molecule has 5 aromatic rings. The molecule has 0 saturated carbocycles. The molecule has 0 amide bonds. The van der Waals surface area contributed by atoms with E-state index in [0.29, 0.717) is 11.1 Å². The molecule has 0 aliphatic carbocycles. The number of aromatic nitrogens is 2. The summed E-state index contributed by atoms with van der Waals surface area (Å²) in [5.41, 5.74) is 5.78. The van der Waals surface area contributed by atoms with Gasteiger partial charge in [-0.1, -0.05) is 43.3 Å². The number of sulfone groups is 2. The summed E-state index contributed by atoms with van der Waals surface area (Å²) < 4.78 is 47.6. The lowest BCUT2D eigenvalue weighted by atomic mass is 9.92. The molecule has 7 nitrogen and oxygen atoms in total. The summed E-state index contributed by atoms with van der Waals surface area (Å²) in [5.74, 6) is -0.180. The Morgan fingerprint density at radius 1 is 0.775 bits per heavy atom. The van der Waals surface area contributed by atoms with Gasteiger partial charge in [-0.15, -0.1) is 0 Å². The normalized spacial score (nSPS) is 12.9. The van der Waals surface area contributed by atoms with Crippen LogP contribution in [0.4, 0.5) is 0 Å². The van der Waals surface area contributed by atoms with E-state index < -0.39 is 19.7 Å². The number of H-pyrrole nitrogens is 1. The first-order valence-electron chi connectivity index (χ1n) is 12.6. The van der Waals surface area contributed by atoms with Gasteiger partial charge in [0.1, 0.15) is 9.84 Å². The molecule has 2 aromatic heterocycles. The average Bonchev–Trinajstić information content (AvgIpc) is 2.91. The molecule has 0 bridgehead atoms. The highest BCUT2D eigenvalue weighted by atomic mass is 32.2. The molecule has 9 heteroatoms. The summed E-state index contributed by atoms with van der Waals surface area (Å²) in [6.07, 6.45) is 5.73. The van der Waals surface area contributed by atoms with Gasteiger partial charge in [-0.3, -0.25) is 9.78 Å². The van der Waals surface area contributed by atoms with Crippen LogP contribution in [0, 0.1) is 0 Å². The summed E-state index contributed by atoms with van der Waals surface area (Å²) in [6.45, 7) is 1.90. The van der Waals surface area contributed by atoms with Gasteiger partial charge in [0.2, 0.25) is 0 Å². The van der Waals surface area contributed by atoms with E-state index in [9.17, 15) is 21.6 Å². The lowest BCUT2D eigenvalue weighted by Gasteiger charge is -2.15. The van der Waals surface area contributed by atoms with E-state index >= 15 is 0 Å². The van der Waals surface area contributed by atoms with Crippen molar-refractivity contribution < 1.29 is 16.8 Å². The van der Waals surface area contributed by atoms with E-state index in [1.165, 1.54) is 6.26 Å². The van der Waals surface area contributed by atoms with Crippen LogP contribution in [0.1, 0.15) is 18.4 Å². The van der Waals surface area contributed by atoms with Crippen LogP contribution in [0.2, 0.25) is 0 Å². The molecule has 0 saturated heterocycles. The molecular weight excluding hydrogens is 544 g/mol. The maximum atomic E-state index is 12.9. The molecule has 1 atom stereocenters. The lowest BCUT2D eigenvalue weighted by molar-refractivity contribution is 0.596. The summed E-state index contributed by atoms with van der Waals surface area (Å²) >= 11 is 0. The van der Waals surface area contributed by atoms with Crippen molar-refractivity contribution in [2.45, 2.75) is 17.7 Å². The molecule has 1 N–H and O–H groups in total. The van der Waals surface area contributed by atoms with Crippen molar-refractivity contribution in [3.63, 3.8) is 0 Å². The van der Waals surface area contributed by atoms with Gasteiger partial charge < -0.3 is 4.98 Å². The maximum Gasteiger partial charge on any atom is 0.255 e. The number of benzene rings is 3. The summed E-state index contributed by atoms with van der Waals surface area (Å²) in [5, 5.41) is 0.901. The molecule has 1 unspecified atom stereocenters. The van der Waals surface area contributed by atoms with Crippen LogP contribution in [0.15, 0.2) is 101 Å². The number of fused-ring (bicyclic) bond motifs is 1. The van der Waals surface area contributed by atoms with Crippen LogP contribution in [0.25, 0.3) is 44.3 Å². The van der Waals surface area contributed by atoms with E-state index in [-0.39, 0.29) is 22.1 Å². The third-order valence-corrected chi connectivity index (χ3v) is 9.09. The van der Waals surface area contributed by atoms with E-state index in [0.717, 1.165) is 45.0 Å². The van der Waals surface area contributed by atoms with E-state index in [2.05, 4.69) is 9.97 Å². The number of nitrogens with zero attached hydrogens (tertiary/aromatic N) is 1. The molecule has 204 valence electrons. The predicted octanol–water partition coefficient (Wildman–Crippen LogP) is 5.48. The molecular formula is C31H28N2O5S2. The number of nitrogens with one attached hydrogen (secondary N) is 1. The second-order valence-electron chi connectivity index (χ2n) is 10.1. The summed E-state index contributed by atoms with van der Waals surface area (Å²) in [4.78, 5) is 20.5. The van der Waals surface area contributed by atoms with E-state index in [4.69, 9.17) is 0 Å². The number of hydrogen-bond donors (Lipinski definition) is 1. The molecule has 0 radical (unpaired) electrons. The Labute approximate surface area is 233 Å². The van der Waals surface area contributed by atoms with Crippen LogP contribution in [0.5, 0.6) is 0 Å². The molecule has 0 fully saturated rings. The van der Waals surface area contributed by atoms with Crippen LogP contribution >= 0.6 is 0 Å². The fourth-order valence-electron chi connectivity index (χ4n) is 4.88. The van der Waals surface area contributed by atoms with Crippen molar-refractivity contribution >= 4 is 30.6 Å². The highest BCUT2D eigenvalue weighted by molar-refractivity contribution is 7.91. The zero-order valence-electron chi connectivity index (χ0n) is 22.2. The Balaban J connectivity index is 1.60. The van der Waals surface area contributed by atoms with Gasteiger partial charge in [0.15, 0.2) is 9.84 Å². The zero-order chi connectivity index (χ0) is 28.7. The maximum absolute atomic E-state index is 12.9. The van der Waals surface area contributed by atoms with Gasteiger partial charge in [-0.2, -0.15) is 0 Å². The third-order valence-electron chi connectivity index (χ3n) is 6.85. The third kappa shape index (κ3) is 5.90. The molecule has 40 heavy (non-hydrogen) atoms. The van der Waals surface area contributed by atoms with Gasteiger partial charge in [-0.25, -0.2) is 16.8 Å². The minimum absolute atomic E-state index is 0.0333. The minimum atomic E-state index is -3.32. The van der Waals surface area contributed by atoms with Crippen molar-refractivity contribution in [2.24, 2.45) is 0 Å². The Morgan fingerprint density at radius 2 is 1.48 bits per heavy atom. The first-order valence-corrected chi connectivity index (χ1v) is 16.5. The van der Waals surface area contributed by atoms with Gasteiger partial charge in [0, 0.05) is 41.4 Å². The first-order chi connectivity index (χ1) is 18.9. The second-order valence-corrected chi connectivity index (χ2v) is 14.3. The highest BCUT2D eigenvalue weighted by Crippen LogP contribution is 2.34. The number of aromatic amines is 1. The van der Waals surface area contributed by atoms with Crippen molar-refractivity contribution in [1.82, 2.24) is 9.97 Å². The van der Waals surface area contributed by atoms with Crippen molar-refractivity contribution in [1.29, 1.82) is 0 Å². The summed E-state index contributed by atoms with van der Waals surface area (Å²) in [7, 11) is -6.49. The SMILES string of the molecule is CC(CS(C)(=O)=O)c1cc(-c2cccc(-c3cc(-c4ccc(S(C)(=O)=O)cc4)c[nH]c3=O)c2)c2ncccc2c1. The number of pyridine rings is 2. The highest BCUT2D eigenvalue weighted by Gasteiger charge is 2.17.